The van der Waals surface area contributed by atoms with Gasteiger partial charge in [0.15, 0.2) is 0 Å². The van der Waals surface area contributed by atoms with Crippen molar-refractivity contribution in [1.82, 2.24) is 0 Å². The van der Waals surface area contributed by atoms with Gasteiger partial charge in [-0.1, -0.05) is 12.1 Å². The second kappa shape index (κ2) is 4.62. The molecule has 1 heterocycles. The second-order valence-corrected chi connectivity index (χ2v) is 4.38. The number of carbonyl (C=O) groups is 1. The first-order chi connectivity index (χ1) is 8.15. The van der Waals surface area contributed by atoms with Crippen molar-refractivity contribution in [3.8, 4) is 5.75 Å². The fraction of sp³-hybridized carbons (Fsp3) is 0.357. The van der Waals surface area contributed by atoms with Crippen LogP contribution in [-0.2, 0) is 4.79 Å². The van der Waals surface area contributed by atoms with Gasteiger partial charge in [-0.2, -0.15) is 0 Å². The molecule has 1 saturated heterocycles. The van der Waals surface area contributed by atoms with Gasteiger partial charge in [0.2, 0.25) is 5.91 Å². The summed E-state index contributed by atoms with van der Waals surface area (Å²) in [5, 5.41) is 0. The molecule has 1 aliphatic rings. The van der Waals surface area contributed by atoms with Crippen molar-refractivity contribution in [2.75, 3.05) is 18.6 Å². The number of ether oxygens (including phenoxy) is 1. The van der Waals surface area contributed by atoms with Gasteiger partial charge in [0.05, 0.1) is 12.8 Å². The molecule has 0 radical (unpaired) electrons. The van der Waals surface area contributed by atoms with Crippen LogP contribution in [0, 0.1) is 12.8 Å². The lowest BCUT2D eigenvalue weighted by molar-refractivity contribution is -0.117. The van der Waals surface area contributed by atoms with Gasteiger partial charge in [-0.15, -0.1) is 6.58 Å². The zero-order chi connectivity index (χ0) is 12.4. The minimum absolute atomic E-state index is 0.136. The number of methoxy groups -OCH3 is 1. The van der Waals surface area contributed by atoms with Crippen LogP contribution in [-0.4, -0.2) is 19.6 Å². The molecule has 17 heavy (non-hydrogen) atoms. The van der Waals surface area contributed by atoms with E-state index in [1.807, 2.05) is 31.2 Å². The number of nitrogens with zero attached hydrogens (tertiary/aromatic N) is 1. The predicted molar refractivity (Wildman–Crippen MR) is 68.4 cm³/mol. The van der Waals surface area contributed by atoms with Crippen molar-refractivity contribution in [3.05, 3.63) is 36.4 Å². The van der Waals surface area contributed by atoms with E-state index in [1.54, 1.807) is 12.0 Å². The molecule has 3 nitrogen and oxygen atoms in total. The van der Waals surface area contributed by atoms with Crippen LogP contribution in [0.2, 0.25) is 0 Å². The lowest BCUT2D eigenvalue weighted by Crippen LogP contribution is -2.24. The van der Waals surface area contributed by atoms with Crippen LogP contribution < -0.4 is 9.64 Å². The van der Waals surface area contributed by atoms with Crippen LogP contribution in [0.1, 0.15) is 12.0 Å². The second-order valence-electron chi connectivity index (χ2n) is 4.38. The Labute approximate surface area is 102 Å². The molecular formula is C14H17NO2. The Morgan fingerprint density at radius 1 is 1.53 bits per heavy atom. The highest BCUT2D eigenvalue weighted by Crippen LogP contribution is 2.33. The lowest BCUT2D eigenvalue weighted by atomic mass is 10.1. The summed E-state index contributed by atoms with van der Waals surface area (Å²) < 4.78 is 5.34. The molecule has 1 atom stereocenters. The Kier molecular flexibility index (Phi) is 3.18. The summed E-state index contributed by atoms with van der Waals surface area (Å²) in [6.07, 6.45) is 2.39. The first-order valence-corrected chi connectivity index (χ1v) is 5.73. The highest BCUT2D eigenvalue weighted by Gasteiger charge is 2.30. The molecule has 90 valence electrons. The Morgan fingerprint density at radius 2 is 2.29 bits per heavy atom. The summed E-state index contributed by atoms with van der Waals surface area (Å²) in [7, 11) is 1.63. The molecule has 1 amide bonds. The summed E-state index contributed by atoms with van der Waals surface area (Å²) in [5.74, 6) is 1.13. The smallest absolute Gasteiger partial charge is 0.227 e. The van der Waals surface area contributed by atoms with Crippen LogP contribution in [0.15, 0.2) is 30.9 Å². The zero-order valence-electron chi connectivity index (χ0n) is 10.3. The standard InChI is InChI=1S/C14H17NO2/c1-4-11-8-14(16)15(9-11)12-6-5-10(2)7-13(12)17-3/h4-7,11H,1,8-9H2,2-3H3. The maximum Gasteiger partial charge on any atom is 0.227 e. The number of anilines is 1. The SMILES string of the molecule is C=CC1CC(=O)N(c2ccc(C)cc2OC)C1. The van der Waals surface area contributed by atoms with Gasteiger partial charge in [-0.3, -0.25) is 4.79 Å². The van der Waals surface area contributed by atoms with E-state index in [0.717, 1.165) is 17.0 Å². The predicted octanol–water partition coefficient (Wildman–Crippen LogP) is 2.54. The summed E-state index contributed by atoms with van der Waals surface area (Å²) in [4.78, 5) is 13.7. The molecule has 1 aromatic rings. The van der Waals surface area contributed by atoms with Crippen molar-refractivity contribution in [2.45, 2.75) is 13.3 Å². The summed E-state index contributed by atoms with van der Waals surface area (Å²) in [5.41, 5.74) is 1.98. The lowest BCUT2D eigenvalue weighted by Gasteiger charge is -2.19. The van der Waals surface area contributed by atoms with Gasteiger partial charge >= 0.3 is 0 Å². The fourth-order valence-electron chi connectivity index (χ4n) is 2.13. The van der Waals surface area contributed by atoms with Crippen molar-refractivity contribution in [2.24, 2.45) is 5.92 Å². The van der Waals surface area contributed by atoms with E-state index in [2.05, 4.69) is 6.58 Å². The third kappa shape index (κ3) is 2.18. The number of rotatable bonds is 3. The quantitative estimate of drug-likeness (QED) is 0.748. The number of hydrogen-bond acceptors (Lipinski definition) is 2. The Hall–Kier alpha value is -1.77. The third-order valence-corrected chi connectivity index (χ3v) is 3.11. The van der Waals surface area contributed by atoms with Gasteiger partial charge in [-0.05, 0) is 24.6 Å². The maximum absolute atomic E-state index is 11.9. The monoisotopic (exact) mass is 231 g/mol. The molecule has 0 N–H and O–H groups in total. The summed E-state index contributed by atoms with van der Waals surface area (Å²) in [6.45, 7) is 6.45. The minimum atomic E-state index is 0.136. The van der Waals surface area contributed by atoms with E-state index in [9.17, 15) is 4.79 Å². The number of benzene rings is 1. The van der Waals surface area contributed by atoms with Gasteiger partial charge in [0.25, 0.3) is 0 Å². The largest absolute Gasteiger partial charge is 0.495 e. The molecule has 2 rings (SSSR count). The van der Waals surface area contributed by atoms with E-state index in [4.69, 9.17) is 4.74 Å². The van der Waals surface area contributed by atoms with Crippen LogP contribution >= 0.6 is 0 Å². The van der Waals surface area contributed by atoms with Crippen molar-refractivity contribution >= 4 is 11.6 Å². The van der Waals surface area contributed by atoms with Crippen LogP contribution in [0.4, 0.5) is 5.69 Å². The zero-order valence-corrected chi connectivity index (χ0v) is 10.3. The fourth-order valence-corrected chi connectivity index (χ4v) is 2.13. The molecule has 1 aromatic carbocycles. The topological polar surface area (TPSA) is 29.5 Å². The van der Waals surface area contributed by atoms with E-state index < -0.39 is 0 Å². The average Bonchev–Trinajstić information content (AvgIpc) is 2.70. The highest BCUT2D eigenvalue weighted by molar-refractivity contribution is 5.97. The number of aryl methyl sites for hydroxylation is 1. The molecule has 0 saturated carbocycles. The molecule has 0 spiro atoms. The van der Waals surface area contributed by atoms with E-state index in [1.165, 1.54) is 0 Å². The van der Waals surface area contributed by atoms with Gasteiger partial charge in [-0.25, -0.2) is 0 Å². The number of carbonyl (C=O) groups excluding carboxylic acids is 1. The van der Waals surface area contributed by atoms with E-state index >= 15 is 0 Å². The van der Waals surface area contributed by atoms with Crippen LogP contribution in [0.5, 0.6) is 5.75 Å². The Bertz CT molecular complexity index is 454. The van der Waals surface area contributed by atoms with Crippen molar-refractivity contribution in [3.63, 3.8) is 0 Å². The molecule has 0 aromatic heterocycles. The number of hydrogen-bond donors (Lipinski definition) is 0. The van der Waals surface area contributed by atoms with Crippen LogP contribution in [0.25, 0.3) is 0 Å². The summed E-state index contributed by atoms with van der Waals surface area (Å²) in [6, 6.07) is 5.88. The van der Waals surface area contributed by atoms with Gasteiger partial charge in [0.1, 0.15) is 5.75 Å². The number of amides is 1. The third-order valence-electron chi connectivity index (χ3n) is 3.11. The van der Waals surface area contributed by atoms with Crippen LogP contribution in [0.3, 0.4) is 0 Å². The van der Waals surface area contributed by atoms with E-state index in [-0.39, 0.29) is 11.8 Å². The van der Waals surface area contributed by atoms with E-state index in [0.29, 0.717) is 13.0 Å². The molecule has 1 fully saturated rings. The molecule has 1 aliphatic heterocycles. The first kappa shape index (κ1) is 11.7. The summed E-state index contributed by atoms with van der Waals surface area (Å²) >= 11 is 0. The maximum atomic E-state index is 11.9. The molecule has 0 aliphatic carbocycles. The normalized spacial score (nSPS) is 19.5. The Morgan fingerprint density at radius 3 is 2.88 bits per heavy atom. The van der Waals surface area contributed by atoms with Gasteiger partial charge < -0.3 is 9.64 Å². The molecule has 3 heteroatoms. The molecule has 0 bridgehead atoms. The van der Waals surface area contributed by atoms with Crippen molar-refractivity contribution < 1.29 is 9.53 Å². The molecular weight excluding hydrogens is 214 g/mol. The highest BCUT2D eigenvalue weighted by atomic mass is 16.5. The average molecular weight is 231 g/mol. The Balaban J connectivity index is 2.34. The van der Waals surface area contributed by atoms with Gasteiger partial charge in [0, 0.05) is 18.9 Å². The van der Waals surface area contributed by atoms with Crippen molar-refractivity contribution in [1.29, 1.82) is 0 Å². The first-order valence-electron chi connectivity index (χ1n) is 5.73. The minimum Gasteiger partial charge on any atom is -0.495 e. The molecule has 1 unspecified atom stereocenters.